The molecule has 2 heterocycles. The van der Waals surface area contributed by atoms with Gasteiger partial charge in [0.2, 0.25) is 17.5 Å². The van der Waals surface area contributed by atoms with Gasteiger partial charge in [-0.2, -0.15) is 4.98 Å². The van der Waals surface area contributed by atoms with E-state index in [4.69, 9.17) is 14.5 Å². The second-order valence-corrected chi connectivity index (χ2v) is 5.24. The third-order valence-electron chi connectivity index (χ3n) is 3.99. The van der Waals surface area contributed by atoms with Gasteiger partial charge >= 0.3 is 0 Å². The van der Waals surface area contributed by atoms with Crippen molar-refractivity contribution in [1.82, 2.24) is 14.4 Å². The molecule has 0 radical (unpaired) electrons. The quantitative estimate of drug-likeness (QED) is 0.834. The second-order valence-electron chi connectivity index (χ2n) is 5.24. The molecule has 5 heteroatoms. The second kappa shape index (κ2) is 4.40. The third kappa shape index (κ3) is 1.76. The van der Waals surface area contributed by atoms with Crippen LogP contribution in [-0.2, 0) is 0 Å². The SMILES string of the molecule is COc1cc(OC)n2c3c(nc2n1)C(C)CCC3C. The van der Waals surface area contributed by atoms with Crippen molar-refractivity contribution >= 4 is 5.78 Å². The first-order valence-corrected chi connectivity index (χ1v) is 6.67. The van der Waals surface area contributed by atoms with E-state index in [-0.39, 0.29) is 0 Å². The Morgan fingerprint density at radius 2 is 1.84 bits per heavy atom. The molecule has 1 aliphatic carbocycles. The van der Waals surface area contributed by atoms with Gasteiger partial charge in [0.25, 0.3) is 0 Å². The van der Waals surface area contributed by atoms with Gasteiger partial charge < -0.3 is 9.47 Å². The van der Waals surface area contributed by atoms with Gasteiger partial charge in [-0.3, -0.25) is 4.40 Å². The van der Waals surface area contributed by atoms with Crippen molar-refractivity contribution in [2.45, 2.75) is 38.5 Å². The molecule has 19 heavy (non-hydrogen) atoms. The molecule has 0 aromatic carbocycles. The number of hydrogen-bond acceptors (Lipinski definition) is 4. The standard InChI is InChI=1S/C14H19N3O2/c1-8-5-6-9(2)13-12(8)16-14-15-10(18-3)7-11(19-4)17(13)14/h7-9H,5-6H2,1-4H3. The molecule has 3 rings (SSSR count). The van der Waals surface area contributed by atoms with Crippen LogP contribution in [0.25, 0.3) is 5.78 Å². The number of fused-ring (bicyclic) bond motifs is 3. The first-order valence-electron chi connectivity index (χ1n) is 6.67. The number of aromatic nitrogens is 3. The van der Waals surface area contributed by atoms with Gasteiger partial charge in [-0.25, -0.2) is 4.98 Å². The molecule has 0 saturated heterocycles. The maximum Gasteiger partial charge on any atom is 0.240 e. The molecule has 2 aromatic rings. The summed E-state index contributed by atoms with van der Waals surface area (Å²) in [5.74, 6) is 2.89. The summed E-state index contributed by atoms with van der Waals surface area (Å²) in [6.07, 6.45) is 2.36. The van der Waals surface area contributed by atoms with Gasteiger partial charge in [0.1, 0.15) is 0 Å². The molecular formula is C14H19N3O2. The number of hydrogen-bond donors (Lipinski definition) is 0. The highest BCUT2D eigenvalue weighted by Crippen LogP contribution is 2.39. The Labute approximate surface area is 112 Å². The Hall–Kier alpha value is -1.78. The van der Waals surface area contributed by atoms with Crippen LogP contribution in [0.4, 0.5) is 0 Å². The minimum absolute atomic E-state index is 0.476. The largest absolute Gasteiger partial charge is 0.482 e. The van der Waals surface area contributed by atoms with E-state index in [0.29, 0.717) is 23.5 Å². The fourth-order valence-electron chi connectivity index (χ4n) is 2.89. The monoisotopic (exact) mass is 261 g/mol. The van der Waals surface area contributed by atoms with Crippen molar-refractivity contribution in [2.75, 3.05) is 14.2 Å². The predicted octanol–water partition coefficient (Wildman–Crippen LogP) is 2.75. The molecule has 1 aliphatic rings. The maximum atomic E-state index is 5.48. The lowest BCUT2D eigenvalue weighted by Crippen LogP contribution is -2.12. The lowest BCUT2D eigenvalue weighted by molar-refractivity contribution is 0.366. The van der Waals surface area contributed by atoms with Crippen LogP contribution in [0.2, 0.25) is 0 Å². The van der Waals surface area contributed by atoms with E-state index in [0.717, 1.165) is 11.6 Å². The summed E-state index contributed by atoms with van der Waals surface area (Å²) >= 11 is 0. The van der Waals surface area contributed by atoms with E-state index >= 15 is 0 Å². The Morgan fingerprint density at radius 1 is 1.11 bits per heavy atom. The fourth-order valence-corrected chi connectivity index (χ4v) is 2.89. The molecule has 0 N–H and O–H groups in total. The van der Waals surface area contributed by atoms with Crippen molar-refractivity contribution in [3.63, 3.8) is 0 Å². The van der Waals surface area contributed by atoms with Crippen LogP contribution in [0.5, 0.6) is 11.8 Å². The number of methoxy groups -OCH3 is 2. The number of nitrogens with zero attached hydrogens (tertiary/aromatic N) is 3. The summed E-state index contributed by atoms with van der Waals surface area (Å²) in [4.78, 5) is 9.12. The Morgan fingerprint density at radius 3 is 2.53 bits per heavy atom. The molecule has 0 amide bonds. The Kier molecular flexibility index (Phi) is 2.84. The average Bonchev–Trinajstić information content (AvgIpc) is 2.82. The third-order valence-corrected chi connectivity index (χ3v) is 3.99. The molecule has 0 aliphatic heterocycles. The highest BCUT2D eigenvalue weighted by Gasteiger charge is 2.29. The van der Waals surface area contributed by atoms with Gasteiger partial charge in [0.15, 0.2) is 0 Å². The van der Waals surface area contributed by atoms with E-state index < -0.39 is 0 Å². The number of ether oxygens (including phenoxy) is 2. The first-order chi connectivity index (χ1) is 9.15. The molecular weight excluding hydrogens is 242 g/mol. The van der Waals surface area contributed by atoms with Gasteiger partial charge in [0.05, 0.1) is 31.7 Å². The lowest BCUT2D eigenvalue weighted by atomic mass is 9.85. The zero-order valence-corrected chi connectivity index (χ0v) is 11.8. The van der Waals surface area contributed by atoms with E-state index in [1.807, 2.05) is 4.40 Å². The van der Waals surface area contributed by atoms with Crippen LogP contribution in [0.15, 0.2) is 6.07 Å². The molecule has 2 atom stereocenters. The van der Waals surface area contributed by atoms with E-state index in [1.165, 1.54) is 18.5 Å². The first kappa shape index (κ1) is 12.3. The molecule has 2 aromatic heterocycles. The zero-order chi connectivity index (χ0) is 13.6. The predicted molar refractivity (Wildman–Crippen MR) is 72.2 cm³/mol. The summed E-state index contributed by atoms with van der Waals surface area (Å²) in [5, 5.41) is 0. The van der Waals surface area contributed by atoms with Crippen molar-refractivity contribution in [1.29, 1.82) is 0 Å². The van der Waals surface area contributed by atoms with Crippen LogP contribution in [0.1, 0.15) is 49.9 Å². The topological polar surface area (TPSA) is 48.7 Å². The summed E-state index contributed by atoms with van der Waals surface area (Å²) in [5.41, 5.74) is 2.39. The molecule has 0 bridgehead atoms. The van der Waals surface area contributed by atoms with Crippen molar-refractivity contribution in [3.8, 4) is 11.8 Å². The summed E-state index contributed by atoms with van der Waals surface area (Å²) in [7, 11) is 3.27. The zero-order valence-electron chi connectivity index (χ0n) is 11.8. The Balaban J connectivity index is 2.33. The summed E-state index contributed by atoms with van der Waals surface area (Å²) in [6, 6.07) is 1.81. The van der Waals surface area contributed by atoms with Gasteiger partial charge in [-0.05, 0) is 18.8 Å². The van der Waals surface area contributed by atoms with E-state index in [9.17, 15) is 0 Å². The highest BCUT2D eigenvalue weighted by molar-refractivity contribution is 5.46. The molecule has 0 fully saturated rings. The minimum Gasteiger partial charge on any atom is -0.482 e. The average molecular weight is 261 g/mol. The molecule has 0 saturated carbocycles. The Bertz CT molecular complexity index is 621. The molecule has 0 spiro atoms. The molecule has 5 nitrogen and oxygen atoms in total. The van der Waals surface area contributed by atoms with Crippen molar-refractivity contribution < 1.29 is 9.47 Å². The summed E-state index contributed by atoms with van der Waals surface area (Å²) in [6.45, 7) is 4.46. The van der Waals surface area contributed by atoms with Crippen LogP contribution >= 0.6 is 0 Å². The smallest absolute Gasteiger partial charge is 0.240 e. The van der Waals surface area contributed by atoms with Crippen LogP contribution in [0.3, 0.4) is 0 Å². The van der Waals surface area contributed by atoms with Gasteiger partial charge in [-0.15, -0.1) is 0 Å². The van der Waals surface area contributed by atoms with Crippen LogP contribution in [-0.4, -0.2) is 28.6 Å². The van der Waals surface area contributed by atoms with Crippen molar-refractivity contribution in [2.24, 2.45) is 0 Å². The lowest BCUT2D eigenvalue weighted by Gasteiger charge is -2.23. The van der Waals surface area contributed by atoms with E-state index in [1.54, 1.807) is 20.3 Å². The maximum absolute atomic E-state index is 5.48. The van der Waals surface area contributed by atoms with Crippen LogP contribution in [0, 0.1) is 0 Å². The fraction of sp³-hybridized carbons (Fsp3) is 0.571. The van der Waals surface area contributed by atoms with E-state index in [2.05, 4.69) is 18.8 Å². The van der Waals surface area contributed by atoms with Gasteiger partial charge in [-0.1, -0.05) is 13.8 Å². The number of rotatable bonds is 2. The molecule has 2 unspecified atom stereocenters. The van der Waals surface area contributed by atoms with Crippen LogP contribution < -0.4 is 9.47 Å². The number of imidazole rings is 1. The van der Waals surface area contributed by atoms with Crippen molar-refractivity contribution in [3.05, 3.63) is 17.5 Å². The summed E-state index contributed by atoms with van der Waals surface area (Å²) < 4.78 is 12.7. The molecule has 102 valence electrons. The highest BCUT2D eigenvalue weighted by atomic mass is 16.5. The normalized spacial score (nSPS) is 22.3. The van der Waals surface area contributed by atoms with Gasteiger partial charge in [0, 0.05) is 5.92 Å². The minimum atomic E-state index is 0.476.